The van der Waals surface area contributed by atoms with Gasteiger partial charge in [0.1, 0.15) is 0 Å². The second-order valence-electron chi connectivity index (χ2n) is 3.61. The van der Waals surface area contributed by atoms with Gasteiger partial charge in [0.15, 0.2) is 5.65 Å². The lowest BCUT2D eigenvalue weighted by Crippen LogP contribution is -1.99. The van der Waals surface area contributed by atoms with Crippen LogP contribution in [-0.4, -0.2) is 15.0 Å². The van der Waals surface area contributed by atoms with Crippen molar-refractivity contribution in [1.29, 1.82) is 0 Å². The lowest BCUT2D eigenvalue weighted by Gasteiger charge is -2.00. The molecule has 2 N–H and O–H groups in total. The van der Waals surface area contributed by atoms with Crippen molar-refractivity contribution in [2.75, 3.05) is 0 Å². The molecule has 3 aromatic rings. The van der Waals surface area contributed by atoms with Crippen LogP contribution in [0.5, 0.6) is 0 Å². The normalized spacial score (nSPS) is 11.3. The van der Waals surface area contributed by atoms with Gasteiger partial charge in [0.2, 0.25) is 0 Å². The first-order chi connectivity index (χ1) is 7.24. The topological polar surface area (TPSA) is 61.5 Å². The number of aromatic nitrogens is 3. The zero-order valence-electron chi connectivity index (χ0n) is 8.16. The van der Waals surface area contributed by atoms with Gasteiger partial charge in [-0.15, -0.1) is 0 Å². The number of aryl methyl sites for hydroxylation is 1. The summed E-state index contributed by atoms with van der Waals surface area (Å²) in [5.41, 5.74) is 3.20. The Morgan fingerprint density at radius 2 is 2.13 bits per heavy atom. The Balaban J connectivity index is 2.57. The number of imidazole rings is 1. The van der Waals surface area contributed by atoms with Gasteiger partial charge in [-0.25, -0.2) is 9.78 Å². The molecule has 0 saturated carbocycles. The molecule has 4 heteroatoms. The maximum atomic E-state index is 11.1. The first kappa shape index (κ1) is 8.23. The van der Waals surface area contributed by atoms with Crippen LogP contribution >= 0.6 is 0 Å². The van der Waals surface area contributed by atoms with Crippen molar-refractivity contribution in [2.45, 2.75) is 6.92 Å². The van der Waals surface area contributed by atoms with Gasteiger partial charge in [-0.2, -0.15) is 0 Å². The van der Waals surface area contributed by atoms with Crippen LogP contribution in [0.2, 0.25) is 0 Å². The highest BCUT2D eigenvalue weighted by Crippen LogP contribution is 2.19. The summed E-state index contributed by atoms with van der Waals surface area (Å²) in [5, 5.41) is 1.07. The van der Waals surface area contributed by atoms with Crippen molar-refractivity contribution in [3.8, 4) is 0 Å². The predicted octanol–water partition coefficient (Wildman–Crippen LogP) is 1.71. The standard InChI is InChI=1S/C11H9N3O/c1-6-3-2-4-8-7(6)5-9-10(12-8)14-11(15)13-9/h2-5H,1H3,(H2,12,13,14,15). The molecule has 3 rings (SSSR count). The summed E-state index contributed by atoms with van der Waals surface area (Å²) >= 11 is 0. The van der Waals surface area contributed by atoms with Crippen molar-refractivity contribution in [3.05, 3.63) is 40.3 Å². The molecule has 0 aliphatic carbocycles. The van der Waals surface area contributed by atoms with E-state index in [2.05, 4.69) is 15.0 Å². The van der Waals surface area contributed by atoms with E-state index >= 15 is 0 Å². The van der Waals surface area contributed by atoms with Gasteiger partial charge in [0.25, 0.3) is 0 Å². The van der Waals surface area contributed by atoms with Crippen LogP contribution in [0, 0.1) is 6.92 Å². The molecule has 4 nitrogen and oxygen atoms in total. The van der Waals surface area contributed by atoms with E-state index in [9.17, 15) is 4.79 Å². The van der Waals surface area contributed by atoms with Gasteiger partial charge in [0.05, 0.1) is 11.0 Å². The second kappa shape index (κ2) is 2.70. The first-order valence-electron chi connectivity index (χ1n) is 4.72. The van der Waals surface area contributed by atoms with Crippen molar-refractivity contribution < 1.29 is 0 Å². The lowest BCUT2D eigenvalue weighted by molar-refractivity contribution is 1.20. The van der Waals surface area contributed by atoms with E-state index in [1.165, 1.54) is 0 Å². The third-order valence-electron chi connectivity index (χ3n) is 2.56. The summed E-state index contributed by atoms with van der Waals surface area (Å²) in [6.45, 7) is 2.03. The molecule has 0 atom stereocenters. The monoisotopic (exact) mass is 199 g/mol. The summed E-state index contributed by atoms with van der Waals surface area (Å²) in [7, 11) is 0. The van der Waals surface area contributed by atoms with E-state index < -0.39 is 0 Å². The maximum Gasteiger partial charge on any atom is 0.325 e. The smallest absolute Gasteiger partial charge is 0.304 e. The third kappa shape index (κ3) is 1.15. The molecule has 0 radical (unpaired) electrons. The maximum absolute atomic E-state index is 11.1. The molecule has 0 unspecified atom stereocenters. The van der Waals surface area contributed by atoms with Crippen LogP contribution in [0.3, 0.4) is 0 Å². The summed E-state index contributed by atoms with van der Waals surface area (Å²) in [6.07, 6.45) is 0. The number of rotatable bonds is 0. The van der Waals surface area contributed by atoms with Gasteiger partial charge in [-0.05, 0) is 24.6 Å². The number of H-pyrrole nitrogens is 2. The van der Waals surface area contributed by atoms with Crippen molar-refractivity contribution in [3.63, 3.8) is 0 Å². The zero-order chi connectivity index (χ0) is 10.4. The molecule has 0 fully saturated rings. The fourth-order valence-corrected chi connectivity index (χ4v) is 1.80. The molecule has 2 heterocycles. The van der Waals surface area contributed by atoms with E-state index in [-0.39, 0.29) is 5.69 Å². The molecule has 0 bridgehead atoms. The molecule has 0 spiro atoms. The number of benzene rings is 1. The van der Waals surface area contributed by atoms with E-state index in [4.69, 9.17) is 0 Å². The minimum Gasteiger partial charge on any atom is -0.304 e. The van der Waals surface area contributed by atoms with Crippen LogP contribution in [0.25, 0.3) is 22.1 Å². The minimum atomic E-state index is -0.217. The highest BCUT2D eigenvalue weighted by molar-refractivity contribution is 5.91. The van der Waals surface area contributed by atoms with Crippen molar-refractivity contribution >= 4 is 22.1 Å². The van der Waals surface area contributed by atoms with Crippen LogP contribution in [0.4, 0.5) is 0 Å². The molecule has 1 aromatic carbocycles. The van der Waals surface area contributed by atoms with Gasteiger partial charge in [-0.1, -0.05) is 12.1 Å². The number of nitrogens with zero attached hydrogens (tertiary/aromatic N) is 1. The fourth-order valence-electron chi connectivity index (χ4n) is 1.80. The average Bonchev–Trinajstić information content (AvgIpc) is 2.55. The second-order valence-corrected chi connectivity index (χ2v) is 3.61. The number of nitrogens with one attached hydrogen (secondary N) is 2. The van der Waals surface area contributed by atoms with Crippen LogP contribution in [0.15, 0.2) is 29.1 Å². The number of pyridine rings is 1. The number of fused-ring (bicyclic) bond motifs is 2. The summed E-state index contributed by atoms with van der Waals surface area (Å²) in [5.74, 6) is 0. The number of hydrogen-bond donors (Lipinski definition) is 2. The van der Waals surface area contributed by atoms with E-state index in [0.717, 1.165) is 22.0 Å². The van der Waals surface area contributed by atoms with Gasteiger partial charge in [-0.3, -0.25) is 4.98 Å². The molecular weight excluding hydrogens is 190 g/mol. The third-order valence-corrected chi connectivity index (χ3v) is 2.56. The summed E-state index contributed by atoms with van der Waals surface area (Å²) in [6, 6.07) is 7.87. The molecule has 0 amide bonds. The summed E-state index contributed by atoms with van der Waals surface area (Å²) in [4.78, 5) is 20.8. The quantitative estimate of drug-likeness (QED) is 0.579. The van der Waals surface area contributed by atoms with Crippen molar-refractivity contribution in [1.82, 2.24) is 15.0 Å². The Bertz CT molecular complexity index is 708. The van der Waals surface area contributed by atoms with Gasteiger partial charge < -0.3 is 4.98 Å². The fraction of sp³-hybridized carbons (Fsp3) is 0.0909. The molecular formula is C11H9N3O. The van der Waals surface area contributed by atoms with Gasteiger partial charge >= 0.3 is 5.69 Å². The van der Waals surface area contributed by atoms with Crippen molar-refractivity contribution in [2.24, 2.45) is 0 Å². The molecule has 74 valence electrons. The number of hydrogen-bond acceptors (Lipinski definition) is 2. The zero-order valence-corrected chi connectivity index (χ0v) is 8.16. The Morgan fingerprint density at radius 3 is 3.00 bits per heavy atom. The van der Waals surface area contributed by atoms with E-state index in [1.54, 1.807) is 0 Å². The number of aromatic amines is 2. The highest BCUT2D eigenvalue weighted by atomic mass is 16.1. The lowest BCUT2D eigenvalue weighted by atomic mass is 10.1. The molecule has 15 heavy (non-hydrogen) atoms. The Morgan fingerprint density at radius 1 is 1.27 bits per heavy atom. The van der Waals surface area contributed by atoms with Crippen LogP contribution < -0.4 is 5.69 Å². The first-order valence-corrected chi connectivity index (χ1v) is 4.72. The average molecular weight is 199 g/mol. The minimum absolute atomic E-state index is 0.217. The molecule has 0 saturated heterocycles. The Kier molecular flexibility index (Phi) is 1.48. The SMILES string of the molecule is Cc1cccc2nc3[nH]c(=O)[nH]c3cc12. The van der Waals surface area contributed by atoms with E-state index in [0.29, 0.717) is 5.65 Å². The predicted molar refractivity (Wildman–Crippen MR) is 59.0 cm³/mol. The highest BCUT2D eigenvalue weighted by Gasteiger charge is 2.03. The molecule has 0 aliphatic heterocycles. The largest absolute Gasteiger partial charge is 0.325 e. The van der Waals surface area contributed by atoms with Crippen LogP contribution in [0.1, 0.15) is 5.56 Å². The Labute approximate surface area is 85.0 Å². The van der Waals surface area contributed by atoms with Crippen LogP contribution in [-0.2, 0) is 0 Å². The summed E-state index contributed by atoms with van der Waals surface area (Å²) < 4.78 is 0. The van der Waals surface area contributed by atoms with E-state index in [1.807, 2.05) is 31.2 Å². The molecule has 0 aliphatic rings. The van der Waals surface area contributed by atoms with Gasteiger partial charge in [0, 0.05) is 5.39 Å². The Hall–Kier alpha value is -2.10. The molecule has 2 aromatic heterocycles.